The highest BCUT2D eigenvalue weighted by Crippen LogP contribution is 2.32. The zero-order valence-corrected chi connectivity index (χ0v) is 13.1. The first-order chi connectivity index (χ1) is 10.8. The lowest BCUT2D eigenvalue weighted by atomic mass is 10.2. The summed E-state index contributed by atoms with van der Waals surface area (Å²) < 4.78 is 7.44. The van der Waals surface area contributed by atoms with Crippen molar-refractivity contribution in [3.63, 3.8) is 0 Å². The highest BCUT2D eigenvalue weighted by atomic mass is 32.1. The molecule has 0 fully saturated rings. The first-order valence-corrected chi connectivity index (χ1v) is 7.84. The molecule has 0 aliphatic rings. The standard InChI is InChI=1S/C17H15N3OS/c1-18-12-5-3-11(4-6-12)16-10-20-15-9-13(21-2)7-8-14(15)19-17(20)22-16/h3-10,18H,1-2H3. The molecule has 0 unspecified atom stereocenters. The molecule has 0 radical (unpaired) electrons. The molecule has 5 heteroatoms. The maximum Gasteiger partial charge on any atom is 0.195 e. The number of hydrogen-bond acceptors (Lipinski definition) is 4. The van der Waals surface area contributed by atoms with E-state index >= 15 is 0 Å². The van der Waals surface area contributed by atoms with Gasteiger partial charge in [0.1, 0.15) is 5.75 Å². The number of aromatic nitrogens is 2. The lowest BCUT2D eigenvalue weighted by Crippen LogP contribution is -1.86. The number of nitrogens with zero attached hydrogens (tertiary/aromatic N) is 2. The number of hydrogen-bond donors (Lipinski definition) is 1. The van der Waals surface area contributed by atoms with Crippen LogP contribution in [-0.4, -0.2) is 23.5 Å². The molecular weight excluding hydrogens is 294 g/mol. The van der Waals surface area contributed by atoms with Gasteiger partial charge in [0.2, 0.25) is 0 Å². The Morgan fingerprint density at radius 3 is 2.68 bits per heavy atom. The Morgan fingerprint density at radius 2 is 1.95 bits per heavy atom. The first kappa shape index (κ1) is 13.2. The van der Waals surface area contributed by atoms with Gasteiger partial charge in [-0.1, -0.05) is 23.5 Å². The maximum atomic E-state index is 5.31. The number of fused-ring (bicyclic) bond motifs is 3. The zero-order chi connectivity index (χ0) is 15.1. The van der Waals surface area contributed by atoms with E-state index in [0.29, 0.717) is 0 Å². The summed E-state index contributed by atoms with van der Waals surface area (Å²) in [5, 5.41) is 3.14. The molecule has 0 atom stereocenters. The Bertz CT molecular complexity index is 953. The number of anilines is 1. The molecular formula is C17H15N3OS. The average molecular weight is 309 g/mol. The van der Waals surface area contributed by atoms with Gasteiger partial charge in [-0.3, -0.25) is 4.40 Å². The zero-order valence-electron chi connectivity index (χ0n) is 12.3. The first-order valence-electron chi connectivity index (χ1n) is 7.02. The van der Waals surface area contributed by atoms with Crippen molar-refractivity contribution in [3.05, 3.63) is 48.7 Å². The molecule has 110 valence electrons. The van der Waals surface area contributed by atoms with Crippen molar-refractivity contribution in [1.82, 2.24) is 9.38 Å². The van der Waals surface area contributed by atoms with E-state index in [0.717, 1.165) is 27.4 Å². The predicted octanol–water partition coefficient (Wildman–Crippen LogP) is 4.27. The van der Waals surface area contributed by atoms with Crippen LogP contribution in [0, 0.1) is 0 Å². The molecule has 0 saturated carbocycles. The van der Waals surface area contributed by atoms with Gasteiger partial charge < -0.3 is 10.1 Å². The van der Waals surface area contributed by atoms with Crippen LogP contribution >= 0.6 is 11.3 Å². The molecule has 4 rings (SSSR count). The average Bonchev–Trinajstić information content (AvgIpc) is 3.12. The summed E-state index contributed by atoms with van der Waals surface area (Å²) >= 11 is 1.69. The molecule has 0 spiro atoms. The molecule has 2 heterocycles. The van der Waals surface area contributed by atoms with Crippen LogP contribution in [-0.2, 0) is 0 Å². The second kappa shape index (κ2) is 5.03. The maximum absolute atomic E-state index is 5.31. The second-order valence-corrected chi connectivity index (χ2v) is 6.05. The number of rotatable bonds is 3. The van der Waals surface area contributed by atoms with E-state index in [1.165, 1.54) is 10.4 Å². The van der Waals surface area contributed by atoms with Crippen LogP contribution < -0.4 is 10.1 Å². The Labute approximate surface area is 132 Å². The predicted molar refractivity (Wildman–Crippen MR) is 92.1 cm³/mol. The van der Waals surface area contributed by atoms with Crippen LogP contribution in [0.25, 0.3) is 26.4 Å². The lowest BCUT2D eigenvalue weighted by molar-refractivity contribution is 0.415. The third-order valence-corrected chi connectivity index (χ3v) is 4.80. The Morgan fingerprint density at radius 1 is 1.14 bits per heavy atom. The highest BCUT2D eigenvalue weighted by molar-refractivity contribution is 7.20. The third-order valence-electron chi connectivity index (χ3n) is 3.77. The summed E-state index contributed by atoms with van der Waals surface area (Å²) in [5.41, 5.74) is 4.37. The third kappa shape index (κ3) is 2.02. The van der Waals surface area contributed by atoms with Crippen molar-refractivity contribution in [2.24, 2.45) is 0 Å². The molecule has 4 nitrogen and oxygen atoms in total. The molecule has 0 bridgehead atoms. The largest absolute Gasteiger partial charge is 0.497 e. The Balaban J connectivity index is 1.85. The molecule has 1 N–H and O–H groups in total. The summed E-state index contributed by atoms with van der Waals surface area (Å²) in [6.45, 7) is 0. The number of thiazole rings is 1. The van der Waals surface area contributed by atoms with Crippen molar-refractivity contribution in [1.29, 1.82) is 0 Å². The number of methoxy groups -OCH3 is 1. The van der Waals surface area contributed by atoms with Gasteiger partial charge in [-0.25, -0.2) is 4.98 Å². The second-order valence-electron chi connectivity index (χ2n) is 5.04. The quantitative estimate of drug-likeness (QED) is 0.614. The fourth-order valence-electron chi connectivity index (χ4n) is 2.55. The van der Waals surface area contributed by atoms with Gasteiger partial charge in [0, 0.05) is 25.0 Å². The van der Waals surface area contributed by atoms with Gasteiger partial charge in [-0.15, -0.1) is 0 Å². The van der Waals surface area contributed by atoms with E-state index in [2.05, 4.69) is 45.2 Å². The van der Waals surface area contributed by atoms with Gasteiger partial charge in [0.25, 0.3) is 0 Å². The van der Waals surface area contributed by atoms with Crippen LogP contribution in [0.4, 0.5) is 5.69 Å². The summed E-state index contributed by atoms with van der Waals surface area (Å²) in [4.78, 5) is 6.88. The number of benzene rings is 2. The topological polar surface area (TPSA) is 38.6 Å². The van der Waals surface area contributed by atoms with Crippen LogP contribution in [0.1, 0.15) is 0 Å². The van der Waals surface area contributed by atoms with Crippen molar-refractivity contribution in [2.45, 2.75) is 0 Å². The fourth-order valence-corrected chi connectivity index (χ4v) is 3.55. The Hall–Kier alpha value is -2.53. The van der Waals surface area contributed by atoms with Crippen LogP contribution in [0.5, 0.6) is 5.75 Å². The molecule has 0 saturated heterocycles. The lowest BCUT2D eigenvalue weighted by Gasteiger charge is -2.01. The minimum Gasteiger partial charge on any atom is -0.497 e. The van der Waals surface area contributed by atoms with Crippen molar-refractivity contribution in [2.75, 3.05) is 19.5 Å². The van der Waals surface area contributed by atoms with Crippen molar-refractivity contribution < 1.29 is 4.74 Å². The SMILES string of the molecule is CNc1ccc(-c2cn3c(nc4ccc(OC)cc43)s2)cc1. The van der Waals surface area contributed by atoms with Gasteiger partial charge >= 0.3 is 0 Å². The molecule has 22 heavy (non-hydrogen) atoms. The minimum atomic E-state index is 0.848. The van der Waals surface area contributed by atoms with Gasteiger partial charge in [0.15, 0.2) is 4.96 Å². The fraction of sp³-hybridized carbons (Fsp3) is 0.118. The van der Waals surface area contributed by atoms with E-state index < -0.39 is 0 Å². The van der Waals surface area contributed by atoms with E-state index in [4.69, 9.17) is 4.74 Å². The van der Waals surface area contributed by atoms with Crippen molar-refractivity contribution in [3.8, 4) is 16.2 Å². The Kier molecular flexibility index (Phi) is 3.01. The molecule has 0 aliphatic heterocycles. The van der Waals surface area contributed by atoms with E-state index in [-0.39, 0.29) is 0 Å². The van der Waals surface area contributed by atoms with E-state index in [1.54, 1.807) is 18.4 Å². The monoisotopic (exact) mass is 309 g/mol. The summed E-state index contributed by atoms with van der Waals surface area (Å²) in [5.74, 6) is 0.848. The number of ether oxygens (including phenoxy) is 1. The number of nitrogens with one attached hydrogen (secondary N) is 1. The smallest absolute Gasteiger partial charge is 0.195 e. The summed E-state index contributed by atoms with van der Waals surface area (Å²) in [6, 6.07) is 14.4. The van der Waals surface area contributed by atoms with E-state index in [9.17, 15) is 0 Å². The molecule has 0 aliphatic carbocycles. The minimum absolute atomic E-state index is 0.848. The molecule has 0 amide bonds. The van der Waals surface area contributed by atoms with Crippen LogP contribution in [0.3, 0.4) is 0 Å². The number of imidazole rings is 1. The summed E-state index contributed by atoms with van der Waals surface area (Å²) in [6.07, 6.45) is 2.14. The van der Waals surface area contributed by atoms with Crippen LogP contribution in [0.2, 0.25) is 0 Å². The molecule has 4 aromatic rings. The molecule has 2 aromatic carbocycles. The van der Waals surface area contributed by atoms with Crippen molar-refractivity contribution >= 4 is 33.0 Å². The van der Waals surface area contributed by atoms with Gasteiger partial charge in [0.05, 0.1) is 23.0 Å². The normalized spacial score (nSPS) is 11.2. The van der Waals surface area contributed by atoms with Gasteiger partial charge in [-0.05, 0) is 29.8 Å². The van der Waals surface area contributed by atoms with Gasteiger partial charge in [-0.2, -0.15) is 0 Å². The summed E-state index contributed by atoms with van der Waals surface area (Å²) in [7, 11) is 3.61. The molecule has 2 aromatic heterocycles. The van der Waals surface area contributed by atoms with Crippen LogP contribution in [0.15, 0.2) is 48.7 Å². The highest BCUT2D eigenvalue weighted by Gasteiger charge is 2.11. The van der Waals surface area contributed by atoms with E-state index in [1.807, 2.05) is 25.2 Å².